The lowest BCUT2D eigenvalue weighted by molar-refractivity contribution is -0.118. The van der Waals surface area contributed by atoms with Crippen LogP contribution < -0.4 is 10.1 Å². The van der Waals surface area contributed by atoms with Crippen LogP contribution >= 0.6 is 22.9 Å². The van der Waals surface area contributed by atoms with Crippen LogP contribution in [0.4, 0.5) is 5.13 Å². The standard InChI is InChI=1S/C15H12ClN3O3S/c1-9-6-14(19-22-9)21-7-13(20)18-15-17-12(8-23-15)10-4-2-3-5-11(10)16/h2-6,8H,7H2,1H3,(H,17,18,20). The van der Waals surface area contributed by atoms with E-state index < -0.39 is 0 Å². The number of halogens is 1. The summed E-state index contributed by atoms with van der Waals surface area (Å²) in [5.74, 6) is 0.559. The molecule has 0 spiro atoms. The summed E-state index contributed by atoms with van der Waals surface area (Å²) in [5, 5.41) is 9.23. The minimum absolute atomic E-state index is 0.174. The first-order valence-electron chi connectivity index (χ1n) is 6.68. The van der Waals surface area contributed by atoms with Gasteiger partial charge in [0.25, 0.3) is 11.8 Å². The predicted molar refractivity (Wildman–Crippen MR) is 87.9 cm³/mol. The Morgan fingerprint density at radius 3 is 3.00 bits per heavy atom. The molecule has 3 rings (SSSR count). The van der Waals surface area contributed by atoms with Crippen molar-refractivity contribution in [3.05, 3.63) is 46.5 Å². The van der Waals surface area contributed by atoms with Crippen LogP contribution in [0.25, 0.3) is 11.3 Å². The van der Waals surface area contributed by atoms with Gasteiger partial charge in [0.05, 0.1) is 5.69 Å². The van der Waals surface area contributed by atoms with Gasteiger partial charge in [-0.15, -0.1) is 11.3 Å². The molecule has 0 radical (unpaired) electrons. The number of hydrogen-bond donors (Lipinski definition) is 1. The molecule has 6 nitrogen and oxygen atoms in total. The second-order valence-electron chi connectivity index (χ2n) is 4.63. The quantitative estimate of drug-likeness (QED) is 0.758. The first-order valence-corrected chi connectivity index (χ1v) is 7.94. The maximum atomic E-state index is 11.9. The zero-order valence-electron chi connectivity index (χ0n) is 12.1. The number of aryl methyl sites for hydroxylation is 1. The average molecular weight is 350 g/mol. The maximum absolute atomic E-state index is 11.9. The Balaban J connectivity index is 1.60. The fourth-order valence-electron chi connectivity index (χ4n) is 1.83. The Morgan fingerprint density at radius 2 is 2.26 bits per heavy atom. The normalized spacial score (nSPS) is 10.5. The fraction of sp³-hybridized carbons (Fsp3) is 0.133. The van der Waals surface area contributed by atoms with Crippen LogP contribution in [0.1, 0.15) is 5.76 Å². The zero-order valence-corrected chi connectivity index (χ0v) is 13.6. The van der Waals surface area contributed by atoms with E-state index in [1.54, 1.807) is 19.1 Å². The van der Waals surface area contributed by atoms with Gasteiger partial charge in [0.2, 0.25) is 0 Å². The number of thiazole rings is 1. The van der Waals surface area contributed by atoms with Gasteiger partial charge in [0.1, 0.15) is 5.76 Å². The third-order valence-electron chi connectivity index (χ3n) is 2.86. The molecule has 0 fully saturated rings. The number of anilines is 1. The summed E-state index contributed by atoms with van der Waals surface area (Å²) in [5.41, 5.74) is 1.53. The molecular weight excluding hydrogens is 338 g/mol. The van der Waals surface area contributed by atoms with Crippen LogP contribution in [0.3, 0.4) is 0 Å². The number of amides is 1. The summed E-state index contributed by atoms with van der Waals surface area (Å²) in [7, 11) is 0. The summed E-state index contributed by atoms with van der Waals surface area (Å²) in [6, 6.07) is 9.00. The number of nitrogens with zero attached hydrogens (tertiary/aromatic N) is 2. The van der Waals surface area contributed by atoms with Gasteiger partial charge in [-0.3, -0.25) is 10.1 Å². The SMILES string of the molecule is Cc1cc(OCC(=O)Nc2nc(-c3ccccc3Cl)cs2)no1. The molecular formula is C15H12ClN3O3S. The van der Waals surface area contributed by atoms with Gasteiger partial charge in [0, 0.05) is 22.0 Å². The van der Waals surface area contributed by atoms with Crippen molar-refractivity contribution in [2.75, 3.05) is 11.9 Å². The largest absolute Gasteiger partial charge is 0.465 e. The lowest BCUT2D eigenvalue weighted by atomic mass is 10.2. The lowest BCUT2D eigenvalue weighted by Crippen LogP contribution is -2.20. The molecule has 0 atom stereocenters. The van der Waals surface area contributed by atoms with Gasteiger partial charge >= 0.3 is 0 Å². The summed E-state index contributed by atoms with van der Waals surface area (Å²) in [6.07, 6.45) is 0. The maximum Gasteiger partial charge on any atom is 0.264 e. The summed E-state index contributed by atoms with van der Waals surface area (Å²) < 4.78 is 10.1. The van der Waals surface area contributed by atoms with Crippen LogP contribution in [-0.2, 0) is 4.79 Å². The van der Waals surface area contributed by atoms with Crippen molar-refractivity contribution in [2.24, 2.45) is 0 Å². The molecule has 118 valence electrons. The molecule has 3 aromatic rings. The monoisotopic (exact) mass is 349 g/mol. The molecule has 2 heterocycles. The molecule has 2 aromatic heterocycles. The highest BCUT2D eigenvalue weighted by atomic mass is 35.5. The second-order valence-corrected chi connectivity index (χ2v) is 5.90. The number of carbonyl (C=O) groups is 1. The first-order chi connectivity index (χ1) is 11.1. The number of rotatable bonds is 5. The van der Waals surface area contributed by atoms with Gasteiger partial charge in [-0.25, -0.2) is 4.98 Å². The van der Waals surface area contributed by atoms with Gasteiger partial charge in [0.15, 0.2) is 11.7 Å². The van der Waals surface area contributed by atoms with E-state index in [-0.39, 0.29) is 18.4 Å². The van der Waals surface area contributed by atoms with Crippen molar-refractivity contribution in [2.45, 2.75) is 6.92 Å². The number of ether oxygens (including phenoxy) is 1. The summed E-state index contributed by atoms with van der Waals surface area (Å²) in [4.78, 5) is 16.2. The van der Waals surface area contributed by atoms with Crippen LogP contribution in [0.5, 0.6) is 5.88 Å². The van der Waals surface area contributed by atoms with E-state index >= 15 is 0 Å². The third kappa shape index (κ3) is 3.88. The molecule has 1 N–H and O–H groups in total. The fourth-order valence-corrected chi connectivity index (χ4v) is 2.79. The topological polar surface area (TPSA) is 77.2 Å². The van der Waals surface area contributed by atoms with E-state index in [1.807, 2.05) is 23.6 Å². The molecule has 8 heteroatoms. The van der Waals surface area contributed by atoms with E-state index in [1.165, 1.54) is 11.3 Å². The van der Waals surface area contributed by atoms with E-state index in [0.29, 0.717) is 21.6 Å². The first kappa shape index (κ1) is 15.5. The average Bonchev–Trinajstić information content (AvgIpc) is 3.15. The number of nitrogens with one attached hydrogen (secondary N) is 1. The van der Waals surface area contributed by atoms with E-state index in [2.05, 4.69) is 15.5 Å². The van der Waals surface area contributed by atoms with Gasteiger partial charge < -0.3 is 9.26 Å². The van der Waals surface area contributed by atoms with Gasteiger partial charge in [-0.2, -0.15) is 0 Å². The van der Waals surface area contributed by atoms with Crippen LogP contribution in [0, 0.1) is 6.92 Å². The Labute approximate surface area is 141 Å². The number of aromatic nitrogens is 2. The Kier molecular flexibility index (Phi) is 4.59. The van der Waals surface area contributed by atoms with E-state index in [9.17, 15) is 4.79 Å². The molecule has 0 unspecified atom stereocenters. The van der Waals surface area contributed by atoms with E-state index in [0.717, 1.165) is 5.56 Å². The molecule has 23 heavy (non-hydrogen) atoms. The van der Waals surface area contributed by atoms with Gasteiger partial charge in [-0.05, 0) is 18.1 Å². The Morgan fingerprint density at radius 1 is 1.43 bits per heavy atom. The lowest BCUT2D eigenvalue weighted by Gasteiger charge is -2.02. The van der Waals surface area contributed by atoms with Crippen molar-refractivity contribution >= 4 is 34.0 Å². The molecule has 0 saturated heterocycles. The van der Waals surface area contributed by atoms with Crippen LogP contribution in [0.15, 0.2) is 40.2 Å². The minimum atomic E-state index is -0.328. The Bertz CT molecular complexity index is 831. The van der Waals surface area contributed by atoms with Crippen molar-refractivity contribution in [1.82, 2.24) is 10.1 Å². The Hall–Kier alpha value is -2.38. The van der Waals surface area contributed by atoms with Crippen molar-refractivity contribution in [3.8, 4) is 17.1 Å². The molecule has 0 aliphatic rings. The molecule has 1 amide bonds. The minimum Gasteiger partial charge on any atom is -0.465 e. The molecule has 0 aliphatic carbocycles. The van der Waals surface area contributed by atoms with Crippen LogP contribution in [0.2, 0.25) is 5.02 Å². The molecule has 0 saturated carbocycles. The number of carbonyl (C=O) groups excluding carboxylic acids is 1. The molecule has 1 aromatic carbocycles. The van der Waals surface area contributed by atoms with Crippen molar-refractivity contribution in [1.29, 1.82) is 0 Å². The highest BCUT2D eigenvalue weighted by molar-refractivity contribution is 7.14. The molecule has 0 aliphatic heterocycles. The summed E-state index contributed by atoms with van der Waals surface area (Å²) >= 11 is 7.45. The smallest absolute Gasteiger partial charge is 0.264 e. The van der Waals surface area contributed by atoms with Crippen molar-refractivity contribution in [3.63, 3.8) is 0 Å². The second kappa shape index (κ2) is 6.80. The van der Waals surface area contributed by atoms with Crippen molar-refractivity contribution < 1.29 is 14.1 Å². The predicted octanol–water partition coefficient (Wildman–Crippen LogP) is 3.78. The van der Waals surface area contributed by atoms with Gasteiger partial charge in [-0.1, -0.05) is 29.8 Å². The highest BCUT2D eigenvalue weighted by Gasteiger charge is 2.11. The number of benzene rings is 1. The zero-order chi connectivity index (χ0) is 16.2. The van der Waals surface area contributed by atoms with E-state index in [4.69, 9.17) is 20.9 Å². The summed E-state index contributed by atoms with van der Waals surface area (Å²) in [6.45, 7) is 1.57. The molecule has 0 bridgehead atoms. The third-order valence-corrected chi connectivity index (χ3v) is 3.95. The number of hydrogen-bond acceptors (Lipinski definition) is 6. The van der Waals surface area contributed by atoms with Crippen LogP contribution in [-0.4, -0.2) is 22.7 Å². The highest BCUT2D eigenvalue weighted by Crippen LogP contribution is 2.30.